The van der Waals surface area contributed by atoms with Crippen LogP contribution in [0, 0.1) is 5.41 Å². The molecule has 2 rings (SSSR count). The summed E-state index contributed by atoms with van der Waals surface area (Å²) in [5, 5.41) is 0. The predicted octanol–water partition coefficient (Wildman–Crippen LogP) is 2.12. The molecule has 1 aromatic heterocycles. The standard InChI is InChI=1S/C15H23N3O/c1-15(2,3)13(16)14(19)18-10-4-5-12(18)11-6-8-17-9-7-11/h6-9,12-13H,4-5,10,16H2,1-3H3/t12?,13-/m0/s1. The molecule has 1 aliphatic heterocycles. The summed E-state index contributed by atoms with van der Waals surface area (Å²) in [4.78, 5) is 18.5. The molecule has 0 aromatic carbocycles. The van der Waals surface area contributed by atoms with Gasteiger partial charge in [0.2, 0.25) is 5.91 Å². The van der Waals surface area contributed by atoms with Crippen LogP contribution in [0.2, 0.25) is 0 Å². The average molecular weight is 261 g/mol. The van der Waals surface area contributed by atoms with Crippen LogP contribution in [-0.4, -0.2) is 28.4 Å². The lowest BCUT2D eigenvalue weighted by Crippen LogP contribution is -2.50. The molecule has 0 saturated carbocycles. The molecule has 19 heavy (non-hydrogen) atoms. The minimum atomic E-state index is -0.449. The summed E-state index contributed by atoms with van der Waals surface area (Å²) in [5.41, 5.74) is 7.06. The van der Waals surface area contributed by atoms with Gasteiger partial charge in [-0.2, -0.15) is 0 Å². The van der Waals surface area contributed by atoms with Gasteiger partial charge >= 0.3 is 0 Å². The zero-order valence-electron chi connectivity index (χ0n) is 12.0. The highest BCUT2D eigenvalue weighted by Gasteiger charge is 2.36. The van der Waals surface area contributed by atoms with Crippen LogP contribution in [-0.2, 0) is 4.79 Å². The first-order chi connectivity index (χ1) is 8.91. The van der Waals surface area contributed by atoms with Crippen molar-refractivity contribution in [2.45, 2.75) is 45.7 Å². The number of rotatable bonds is 2. The lowest BCUT2D eigenvalue weighted by molar-refractivity contribution is -0.135. The monoisotopic (exact) mass is 261 g/mol. The first kappa shape index (κ1) is 14.0. The van der Waals surface area contributed by atoms with Crippen LogP contribution in [0.3, 0.4) is 0 Å². The van der Waals surface area contributed by atoms with Crippen molar-refractivity contribution in [1.29, 1.82) is 0 Å². The van der Waals surface area contributed by atoms with Gasteiger partial charge in [-0.15, -0.1) is 0 Å². The molecule has 2 heterocycles. The van der Waals surface area contributed by atoms with E-state index in [4.69, 9.17) is 5.73 Å². The van der Waals surface area contributed by atoms with Crippen LogP contribution in [0.4, 0.5) is 0 Å². The molecule has 0 bridgehead atoms. The van der Waals surface area contributed by atoms with Crippen LogP contribution in [0.5, 0.6) is 0 Å². The van der Waals surface area contributed by atoms with E-state index in [1.165, 1.54) is 0 Å². The minimum Gasteiger partial charge on any atom is -0.334 e. The van der Waals surface area contributed by atoms with Gasteiger partial charge < -0.3 is 10.6 Å². The molecule has 1 aromatic rings. The van der Waals surface area contributed by atoms with Crippen molar-refractivity contribution in [2.75, 3.05) is 6.54 Å². The van der Waals surface area contributed by atoms with Gasteiger partial charge in [-0.3, -0.25) is 9.78 Å². The molecule has 1 unspecified atom stereocenters. The topological polar surface area (TPSA) is 59.2 Å². The fourth-order valence-corrected chi connectivity index (χ4v) is 2.51. The molecule has 0 spiro atoms. The maximum atomic E-state index is 12.6. The van der Waals surface area contributed by atoms with Gasteiger partial charge in [0.1, 0.15) is 0 Å². The van der Waals surface area contributed by atoms with Crippen molar-refractivity contribution in [1.82, 2.24) is 9.88 Å². The Hall–Kier alpha value is -1.42. The third kappa shape index (κ3) is 2.95. The Morgan fingerprint density at radius 2 is 2.05 bits per heavy atom. The second-order valence-corrected chi connectivity index (χ2v) is 6.31. The van der Waals surface area contributed by atoms with Crippen molar-refractivity contribution in [3.05, 3.63) is 30.1 Å². The van der Waals surface area contributed by atoms with Gasteiger partial charge in [0.05, 0.1) is 12.1 Å². The smallest absolute Gasteiger partial charge is 0.240 e. The maximum absolute atomic E-state index is 12.6. The first-order valence-corrected chi connectivity index (χ1v) is 6.87. The number of likely N-dealkylation sites (tertiary alicyclic amines) is 1. The number of nitrogens with two attached hydrogens (primary N) is 1. The SMILES string of the molecule is CC(C)(C)[C@@H](N)C(=O)N1CCCC1c1ccncc1. The van der Waals surface area contributed by atoms with Crippen molar-refractivity contribution >= 4 is 5.91 Å². The highest BCUT2D eigenvalue weighted by atomic mass is 16.2. The summed E-state index contributed by atoms with van der Waals surface area (Å²) in [6.07, 6.45) is 5.60. The third-order valence-electron chi connectivity index (χ3n) is 3.83. The second kappa shape index (κ2) is 5.29. The Bertz CT molecular complexity index is 438. The molecule has 104 valence electrons. The molecule has 1 amide bonds. The summed E-state index contributed by atoms with van der Waals surface area (Å²) in [6.45, 7) is 6.82. The molecule has 1 fully saturated rings. The highest BCUT2D eigenvalue weighted by Crippen LogP contribution is 2.33. The molecule has 4 nitrogen and oxygen atoms in total. The molecule has 2 N–H and O–H groups in total. The highest BCUT2D eigenvalue weighted by molar-refractivity contribution is 5.83. The fraction of sp³-hybridized carbons (Fsp3) is 0.600. The third-order valence-corrected chi connectivity index (χ3v) is 3.83. The summed E-state index contributed by atoms with van der Waals surface area (Å²) < 4.78 is 0. The van der Waals surface area contributed by atoms with Gasteiger partial charge in [0.15, 0.2) is 0 Å². The molecule has 1 saturated heterocycles. The van der Waals surface area contributed by atoms with Crippen molar-refractivity contribution in [2.24, 2.45) is 11.1 Å². The molecule has 0 radical (unpaired) electrons. The summed E-state index contributed by atoms with van der Waals surface area (Å²) in [7, 11) is 0. The molecule has 4 heteroatoms. The minimum absolute atomic E-state index is 0.0619. The number of carbonyl (C=O) groups excluding carboxylic acids is 1. The molecular formula is C15H23N3O. The summed E-state index contributed by atoms with van der Waals surface area (Å²) in [6, 6.07) is 3.68. The van der Waals surface area contributed by atoms with Crippen molar-refractivity contribution < 1.29 is 4.79 Å². The van der Waals surface area contributed by atoms with E-state index in [0.29, 0.717) is 0 Å². The van der Waals surface area contributed by atoms with Gasteiger partial charge in [-0.05, 0) is 36.0 Å². The van der Waals surface area contributed by atoms with E-state index in [-0.39, 0.29) is 17.4 Å². The Labute approximate surface area is 115 Å². The number of amides is 1. The number of carbonyl (C=O) groups is 1. The van der Waals surface area contributed by atoms with Crippen LogP contribution in [0.1, 0.15) is 45.2 Å². The predicted molar refractivity (Wildman–Crippen MR) is 75.4 cm³/mol. The lowest BCUT2D eigenvalue weighted by atomic mass is 9.86. The normalized spacial score (nSPS) is 21.5. The van der Waals surface area contributed by atoms with E-state index < -0.39 is 6.04 Å². The van der Waals surface area contributed by atoms with Gasteiger partial charge in [-0.25, -0.2) is 0 Å². The van der Waals surface area contributed by atoms with E-state index in [0.717, 1.165) is 24.9 Å². The van der Waals surface area contributed by atoms with Crippen LogP contribution < -0.4 is 5.73 Å². The molecule has 1 aliphatic rings. The number of aromatic nitrogens is 1. The second-order valence-electron chi connectivity index (χ2n) is 6.31. The van der Waals surface area contributed by atoms with Crippen LogP contribution in [0.25, 0.3) is 0 Å². The Kier molecular flexibility index (Phi) is 3.90. The van der Waals surface area contributed by atoms with E-state index in [9.17, 15) is 4.79 Å². The van der Waals surface area contributed by atoms with Crippen LogP contribution >= 0.6 is 0 Å². The molecular weight excluding hydrogens is 238 g/mol. The Morgan fingerprint density at radius 1 is 1.42 bits per heavy atom. The van der Waals surface area contributed by atoms with E-state index in [1.54, 1.807) is 12.4 Å². The number of hydrogen-bond acceptors (Lipinski definition) is 3. The average Bonchev–Trinajstić information content (AvgIpc) is 2.86. The maximum Gasteiger partial charge on any atom is 0.240 e. The summed E-state index contributed by atoms with van der Waals surface area (Å²) >= 11 is 0. The Balaban J connectivity index is 2.18. The summed E-state index contributed by atoms with van der Waals surface area (Å²) in [5.74, 6) is 0.0619. The largest absolute Gasteiger partial charge is 0.334 e. The first-order valence-electron chi connectivity index (χ1n) is 6.87. The lowest BCUT2D eigenvalue weighted by Gasteiger charge is -2.33. The van der Waals surface area contributed by atoms with Crippen LogP contribution in [0.15, 0.2) is 24.5 Å². The van der Waals surface area contributed by atoms with Crippen molar-refractivity contribution in [3.63, 3.8) is 0 Å². The number of nitrogens with zero attached hydrogens (tertiary/aromatic N) is 2. The van der Waals surface area contributed by atoms with E-state index in [1.807, 2.05) is 37.8 Å². The van der Waals surface area contributed by atoms with Gasteiger partial charge in [0, 0.05) is 18.9 Å². The zero-order chi connectivity index (χ0) is 14.0. The fourth-order valence-electron chi connectivity index (χ4n) is 2.51. The van der Waals surface area contributed by atoms with E-state index >= 15 is 0 Å². The zero-order valence-corrected chi connectivity index (χ0v) is 12.0. The van der Waals surface area contributed by atoms with Gasteiger partial charge in [-0.1, -0.05) is 20.8 Å². The molecule has 0 aliphatic carbocycles. The quantitative estimate of drug-likeness (QED) is 0.887. The molecule has 2 atom stereocenters. The Morgan fingerprint density at radius 3 is 2.63 bits per heavy atom. The van der Waals surface area contributed by atoms with Gasteiger partial charge in [0.25, 0.3) is 0 Å². The number of hydrogen-bond donors (Lipinski definition) is 1. The van der Waals surface area contributed by atoms with E-state index in [2.05, 4.69) is 4.98 Å². The van der Waals surface area contributed by atoms with Crippen molar-refractivity contribution in [3.8, 4) is 0 Å². The number of pyridine rings is 1.